The highest BCUT2D eigenvalue weighted by molar-refractivity contribution is 7.17. The molecule has 0 saturated heterocycles. The van der Waals surface area contributed by atoms with Crippen LogP contribution in [-0.4, -0.2) is 34.6 Å². The summed E-state index contributed by atoms with van der Waals surface area (Å²) in [5.74, 6) is -0.943. The van der Waals surface area contributed by atoms with E-state index in [0.717, 1.165) is 24.2 Å². The maximum Gasteiger partial charge on any atom is 0.347 e. The number of carbonyl (C=O) groups is 2. The first-order valence-corrected chi connectivity index (χ1v) is 6.62. The molecule has 0 spiro atoms. The molecule has 1 aromatic rings. The molecule has 7 heteroatoms. The van der Waals surface area contributed by atoms with Crippen LogP contribution in [0.2, 0.25) is 0 Å². The third-order valence-corrected chi connectivity index (χ3v) is 3.66. The number of rotatable bonds is 6. The zero-order valence-corrected chi connectivity index (χ0v) is 10.8. The van der Waals surface area contributed by atoms with E-state index in [2.05, 4.69) is 15.6 Å². The zero-order chi connectivity index (χ0) is 13.1. The van der Waals surface area contributed by atoms with Crippen LogP contribution in [0.1, 0.15) is 34.6 Å². The molecule has 1 aliphatic carbocycles. The Bertz CT molecular complexity index is 468. The Kier molecular flexibility index (Phi) is 3.81. The van der Waals surface area contributed by atoms with Crippen LogP contribution in [0.4, 0.5) is 5.13 Å². The van der Waals surface area contributed by atoms with Gasteiger partial charge in [0.2, 0.25) is 5.91 Å². The molecule has 0 radical (unpaired) electrons. The van der Waals surface area contributed by atoms with Gasteiger partial charge < -0.3 is 15.7 Å². The molecule has 2 rings (SSSR count). The molecule has 3 N–H and O–H groups in total. The summed E-state index contributed by atoms with van der Waals surface area (Å²) in [6, 6.07) is 0.373. The minimum atomic E-state index is -0.968. The standard InChI is InChI=1S/C11H15N3O3S/c1-6-9(10(16)17)18-11(13-6)12-5-4-8(15)14-7-2-3-7/h7H,2-5H2,1H3,(H,12,13)(H,14,15)(H,16,17). The first kappa shape index (κ1) is 12.8. The van der Waals surface area contributed by atoms with Crippen LogP contribution >= 0.6 is 11.3 Å². The molecule has 6 nitrogen and oxygen atoms in total. The largest absolute Gasteiger partial charge is 0.477 e. The second-order valence-electron chi connectivity index (χ2n) is 4.26. The maximum atomic E-state index is 11.4. The molecule has 1 aliphatic rings. The molecular weight excluding hydrogens is 254 g/mol. The SMILES string of the molecule is Cc1nc(NCCC(=O)NC2CC2)sc1C(=O)O. The monoisotopic (exact) mass is 269 g/mol. The Morgan fingerprint density at radius 2 is 2.22 bits per heavy atom. The van der Waals surface area contributed by atoms with E-state index < -0.39 is 5.97 Å². The van der Waals surface area contributed by atoms with Crippen LogP contribution in [0.15, 0.2) is 0 Å². The van der Waals surface area contributed by atoms with Crippen LogP contribution in [0, 0.1) is 6.92 Å². The molecular formula is C11H15N3O3S. The Labute approximate surface area is 108 Å². The van der Waals surface area contributed by atoms with Crippen molar-refractivity contribution in [1.82, 2.24) is 10.3 Å². The number of aromatic nitrogens is 1. The van der Waals surface area contributed by atoms with Gasteiger partial charge in [-0.25, -0.2) is 9.78 Å². The van der Waals surface area contributed by atoms with Gasteiger partial charge in [-0.05, 0) is 19.8 Å². The van der Waals surface area contributed by atoms with E-state index in [1.807, 2.05) is 0 Å². The van der Waals surface area contributed by atoms with E-state index in [1.165, 1.54) is 0 Å². The second-order valence-corrected chi connectivity index (χ2v) is 5.26. The van der Waals surface area contributed by atoms with Crippen molar-refractivity contribution < 1.29 is 14.7 Å². The van der Waals surface area contributed by atoms with Crippen LogP contribution in [-0.2, 0) is 4.79 Å². The minimum Gasteiger partial charge on any atom is -0.477 e. The Morgan fingerprint density at radius 1 is 1.50 bits per heavy atom. The van der Waals surface area contributed by atoms with E-state index in [9.17, 15) is 9.59 Å². The van der Waals surface area contributed by atoms with E-state index in [0.29, 0.717) is 29.8 Å². The zero-order valence-electron chi connectivity index (χ0n) is 10.0. The lowest BCUT2D eigenvalue weighted by Crippen LogP contribution is -2.27. The summed E-state index contributed by atoms with van der Waals surface area (Å²) >= 11 is 1.09. The van der Waals surface area contributed by atoms with Gasteiger partial charge in [0, 0.05) is 19.0 Å². The van der Waals surface area contributed by atoms with Gasteiger partial charge >= 0.3 is 5.97 Å². The molecule has 1 aromatic heterocycles. The van der Waals surface area contributed by atoms with Gasteiger partial charge in [0.15, 0.2) is 5.13 Å². The predicted molar refractivity (Wildman–Crippen MR) is 68.1 cm³/mol. The van der Waals surface area contributed by atoms with Crippen molar-refractivity contribution in [3.8, 4) is 0 Å². The average molecular weight is 269 g/mol. The predicted octanol–water partition coefficient (Wildman–Crippen LogP) is 1.23. The summed E-state index contributed by atoms with van der Waals surface area (Å²) in [6.07, 6.45) is 2.52. The average Bonchev–Trinajstić information content (AvgIpc) is 3.00. The molecule has 1 amide bonds. The number of aromatic carboxylic acids is 1. The fourth-order valence-corrected chi connectivity index (χ4v) is 2.31. The summed E-state index contributed by atoms with van der Waals surface area (Å²) in [4.78, 5) is 26.6. The molecule has 1 saturated carbocycles. The molecule has 0 aliphatic heterocycles. The highest BCUT2D eigenvalue weighted by atomic mass is 32.1. The number of nitrogens with zero attached hydrogens (tertiary/aromatic N) is 1. The first-order valence-electron chi connectivity index (χ1n) is 5.80. The topological polar surface area (TPSA) is 91.3 Å². The number of hydrogen-bond acceptors (Lipinski definition) is 5. The van der Waals surface area contributed by atoms with Crippen LogP contribution < -0.4 is 10.6 Å². The van der Waals surface area contributed by atoms with E-state index in [4.69, 9.17) is 5.11 Å². The van der Waals surface area contributed by atoms with Gasteiger partial charge in [-0.15, -0.1) is 0 Å². The normalized spacial score (nSPS) is 14.3. The number of carboxylic acid groups (broad SMARTS) is 1. The van der Waals surface area contributed by atoms with E-state index in [-0.39, 0.29) is 10.8 Å². The first-order chi connectivity index (χ1) is 8.56. The quantitative estimate of drug-likeness (QED) is 0.722. The summed E-state index contributed by atoms with van der Waals surface area (Å²) in [5, 5.41) is 15.3. The lowest BCUT2D eigenvalue weighted by Gasteiger charge is -2.03. The number of anilines is 1. The van der Waals surface area contributed by atoms with Crippen LogP contribution in [0.5, 0.6) is 0 Å². The molecule has 0 unspecified atom stereocenters. The number of amides is 1. The number of carboxylic acids is 1. The molecule has 1 heterocycles. The summed E-state index contributed by atoms with van der Waals surface area (Å²) in [5.41, 5.74) is 0.498. The van der Waals surface area contributed by atoms with Crippen molar-refractivity contribution >= 4 is 28.3 Å². The molecule has 0 atom stereocenters. The number of hydrogen-bond donors (Lipinski definition) is 3. The summed E-state index contributed by atoms with van der Waals surface area (Å²) in [6.45, 7) is 2.12. The highest BCUT2D eigenvalue weighted by Crippen LogP contribution is 2.22. The van der Waals surface area contributed by atoms with Crippen molar-refractivity contribution in [2.75, 3.05) is 11.9 Å². The minimum absolute atomic E-state index is 0.0248. The van der Waals surface area contributed by atoms with Crippen LogP contribution in [0.3, 0.4) is 0 Å². The van der Waals surface area contributed by atoms with Crippen LogP contribution in [0.25, 0.3) is 0 Å². The summed E-state index contributed by atoms with van der Waals surface area (Å²) < 4.78 is 0. The Balaban J connectivity index is 1.77. The van der Waals surface area contributed by atoms with Crippen molar-refractivity contribution in [3.63, 3.8) is 0 Å². The second kappa shape index (κ2) is 5.34. The number of carbonyl (C=O) groups excluding carboxylic acids is 1. The third-order valence-electron chi connectivity index (χ3n) is 2.56. The Hall–Kier alpha value is -1.63. The molecule has 98 valence electrons. The lowest BCUT2D eigenvalue weighted by atomic mass is 10.4. The third kappa shape index (κ3) is 3.43. The van der Waals surface area contributed by atoms with Crippen molar-refractivity contribution in [3.05, 3.63) is 10.6 Å². The number of nitrogens with one attached hydrogen (secondary N) is 2. The van der Waals surface area contributed by atoms with Crippen molar-refractivity contribution in [1.29, 1.82) is 0 Å². The van der Waals surface area contributed by atoms with E-state index >= 15 is 0 Å². The van der Waals surface area contributed by atoms with Crippen molar-refractivity contribution in [2.24, 2.45) is 0 Å². The van der Waals surface area contributed by atoms with Gasteiger partial charge in [0.25, 0.3) is 0 Å². The van der Waals surface area contributed by atoms with Gasteiger partial charge in [0.05, 0.1) is 5.69 Å². The smallest absolute Gasteiger partial charge is 0.347 e. The Morgan fingerprint density at radius 3 is 2.78 bits per heavy atom. The number of aryl methyl sites for hydroxylation is 1. The van der Waals surface area contributed by atoms with E-state index in [1.54, 1.807) is 6.92 Å². The summed E-state index contributed by atoms with van der Waals surface area (Å²) in [7, 11) is 0. The lowest BCUT2D eigenvalue weighted by molar-refractivity contribution is -0.120. The molecule has 0 bridgehead atoms. The number of thiazole rings is 1. The highest BCUT2D eigenvalue weighted by Gasteiger charge is 2.22. The molecule has 0 aromatic carbocycles. The molecule has 1 fully saturated rings. The van der Waals surface area contributed by atoms with Gasteiger partial charge in [-0.1, -0.05) is 11.3 Å². The fourth-order valence-electron chi connectivity index (χ4n) is 1.48. The van der Waals surface area contributed by atoms with Gasteiger partial charge in [0.1, 0.15) is 4.88 Å². The fraction of sp³-hybridized carbons (Fsp3) is 0.545. The van der Waals surface area contributed by atoms with Crippen molar-refractivity contribution in [2.45, 2.75) is 32.2 Å². The molecule has 18 heavy (non-hydrogen) atoms. The van der Waals surface area contributed by atoms with Gasteiger partial charge in [-0.3, -0.25) is 4.79 Å². The van der Waals surface area contributed by atoms with Gasteiger partial charge in [-0.2, -0.15) is 0 Å². The maximum absolute atomic E-state index is 11.4.